The minimum Gasteiger partial charge on any atom is -0.446 e. The summed E-state index contributed by atoms with van der Waals surface area (Å²) in [7, 11) is 0. The SMILES string of the molecule is O=C(C[C@@H](c1ccccc1)c1ccc(F)cc1)N1C(=O)OC[C@H]1c1ccccc1. The van der Waals surface area contributed by atoms with E-state index in [1.54, 1.807) is 12.1 Å². The number of cyclic esters (lactones) is 1. The zero-order chi connectivity index (χ0) is 20.2. The minimum absolute atomic E-state index is 0.0775. The molecule has 29 heavy (non-hydrogen) atoms. The van der Waals surface area contributed by atoms with Crippen LogP contribution >= 0.6 is 0 Å². The van der Waals surface area contributed by atoms with Gasteiger partial charge < -0.3 is 4.74 Å². The number of rotatable bonds is 5. The van der Waals surface area contributed by atoms with Gasteiger partial charge in [-0.25, -0.2) is 14.1 Å². The molecule has 0 radical (unpaired) electrons. The predicted octanol–water partition coefficient (Wildman–Crippen LogP) is 5.07. The van der Waals surface area contributed by atoms with Crippen LogP contribution in [0.2, 0.25) is 0 Å². The molecule has 3 aromatic rings. The van der Waals surface area contributed by atoms with Gasteiger partial charge in [0.25, 0.3) is 0 Å². The van der Waals surface area contributed by atoms with Crippen molar-refractivity contribution in [2.75, 3.05) is 6.61 Å². The van der Waals surface area contributed by atoms with Gasteiger partial charge >= 0.3 is 6.09 Å². The number of halogens is 1. The molecule has 4 nitrogen and oxygen atoms in total. The summed E-state index contributed by atoms with van der Waals surface area (Å²) in [5.41, 5.74) is 2.59. The number of nitrogens with zero attached hydrogens (tertiary/aromatic N) is 1. The van der Waals surface area contributed by atoms with E-state index < -0.39 is 12.1 Å². The third-order valence-electron chi connectivity index (χ3n) is 5.18. The Kier molecular flexibility index (Phi) is 5.38. The molecule has 1 aliphatic rings. The van der Waals surface area contributed by atoms with Crippen molar-refractivity contribution < 1.29 is 18.7 Å². The van der Waals surface area contributed by atoms with Crippen molar-refractivity contribution in [2.45, 2.75) is 18.4 Å². The lowest BCUT2D eigenvalue weighted by molar-refractivity contribution is -0.129. The molecule has 0 saturated carbocycles. The number of carbonyl (C=O) groups is 2. The van der Waals surface area contributed by atoms with Crippen molar-refractivity contribution in [1.82, 2.24) is 4.90 Å². The van der Waals surface area contributed by atoms with Gasteiger partial charge in [-0.05, 0) is 28.8 Å². The van der Waals surface area contributed by atoms with Gasteiger partial charge in [0, 0.05) is 12.3 Å². The van der Waals surface area contributed by atoms with Crippen molar-refractivity contribution in [3.63, 3.8) is 0 Å². The van der Waals surface area contributed by atoms with Crippen LogP contribution in [0, 0.1) is 5.82 Å². The zero-order valence-electron chi connectivity index (χ0n) is 15.7. The fourth-order valence-electron chi connectivity index (χ4n) is 3.70. The van der Waals surface area contributed by atoms with Gasteiger partial charge in [-0.15, -0.1) is 0 Å². The maximum Gasteiger partial charge on any atom is 0.417 e. The van der Waals surface area contributed by atoms with E-state index in [1.165, 1.54) is 17.0 Å². The number of hydrogen-bond donors (Lipinski definition) is 0. The fraction of sp³-hybridized carbons (Fsp3) is 0.167. The third kappa shape index (κ3) is 4.04. The standard InChI is InChI=1S/C24H20FNO3/c25-20-13-11-18(12-14-20)21(17-7-3-1-4-8-17)15-23(27)26-22(16-29-24(26)28)19-9-5-2-6-10-19/h1-14,21-22H,15-16H2/t21-,22-/m0/s1. The number of hydrogen-bond acceptors (Lipinski definition) is 3. The fourth-order valence-corrected chi connectivity index (χ4v) is 3.70. The maximum atomic E-state index is 13.4. The Hall–Kier alpha value is -3.47. The number of imide groups is 1. The Morgan fingerprint density at radius 3 is 2.17 bits per heavy atom. The number of ether oxygens (including phenoxy) is 1. The average Bonchev–Trinajstić information content (AvgIpc) is 3.15. The Balaban J connectivity index is 1.63. The zero-order valence-corrected chi connectivity index (χ0v) is 15.7. The molecule has 0 aliphatic carbocycles. The molecular formula is C24H20FNO3. The highest BCUT2D eigenvalue weighted by Crippen LogP contribution is 2.33. The van der Waals surface area contributed by atoms with Gasteiger partial charge in [0.2, 0.25) is 5.91 Å². The lowest BCUT2D eigenvalue weighted by Crippen LogP contribution is -2.35. The summed E-state index contributed by atoms with van der Waals surface area (Å²) < 4.78 is 18.6. The van der Waals surface area contributed by atoms with Crippen LogP contribution in [0.4, 0.5) is 9.18 Å². The first-order chi connectivity index (χ1) is 14.1. The van der Waals surface area contributed by atoms with Crippen molar-refractivity contribution >= 4 is 12.0 Å². The lowest BCUT2D eigenvalue weighted by atomic mass is 9.88. The monoisotopic (exact) mass is 389 g/mol. The lowest BCUT2D eigenvalue weighted by Gasteiger charge is -2.23. The smallest absolute Gasteiger partial charge is 0.417 e. The molecule has 5 heteroatoms. The van der Waals surface area contributed by atoms with Crippen LogP contribution in [0.15, 0.2) is 84.9 Å². The molecule has 146 valence electrons. The van der Waals surface area contributed by atoms with Crippen LogP contribution in [0.25, 0.3) is 0 Å². The summed E-state index contributed by atoms with van der Waals surface area (Å²) in [6.45, 7) is 0.140. The van der Waals surface area contributed by atoms with E-state index in [4.69, 9.17) is 4.74 Å². The minimum atomic E-state index is -0.630. The van der Waals surface area contributed by atoms with Gasteiger partial charge in [0.05, 0.1) is 0 Å². The van der Waals surface area contributed by atoms with E-state index in [2.05, 4.69) is 0 Å². The van der Waals surface area contributed by atoms with E-state index in [9.17, 15) is 14.0 Å². The highest BCUT2D eigenvalue weighted by molar-refractivity contribution is 5.94. The van der Waals surface area contributed by atoms with Crippen LogP contribution in [-0.2, 0) is 9.53 Å². The maximum absolute atomic E-state index is 13.4. The summed E-state index contributed by atoms with van der Waals surface area (Å²) in [5.74, 6) is -0.951. The average molecular weight is 389 g/mol. The molecule has 0 N–H and O–H groups in total. The molecule has 0 bridgehead atoms. The van der Waals surface area contributed by atoms with Crippen molar-refractivity contribution in [3.8, 4) is 0 Å². The first kappa shape index (κ1) is 18.9. The summed E-state index contributed by atoms with van der Waals surface area (Å²) >= 11 is 0. The highest BCUT2D eigenvalue weighted by atomic mass is 19.1. The molecule has 1 saturated heterocycles. The Morgan fingerprint density at radius 2 is 1.52 bits per heavy atom. The summed E-state index contributed by atoms with van der Waals surface area (Å²) in [6, 6.07) is 24.6. The van der Waals surface area contributed by atoms with E-state index >= 15 is 0 Å². The van der Waals surface area contributed by atoms with Gasteiger partial charge in [0.1, 0.15) is 18.5 Å². The molecule has 2 atom stereocenters. The molecule has 1 fully saturated rings. The molecule has 0 unspecified atom stereocenters. The van der Waals surface area contributed by atoms with Gasteiger partial charge in [0.15, 0.2) is 0 Å². The summed E-state index contributed by atoms with van der Waals surface area (Å²) in [6.07, 6.45) is -0.552. The van der Waals surface area contributed by atoms with E-state index in [1.807, 2.05) is 60.7 Å². The summed E-state index contributed by atoms with van der Waals surface area (Å²) in [5, 5.41) is 0. The molecule has 3 aromatic carbocycles. The van der Waals surface area contributed by atoms with Crippen LogP contribution in [-0.4, -0.2) is 23.5 Å². The van der Waals surface area contributed by atoms with Crippen LogP contribution in [0.3, 0.4) is 0 Å². The Bertz CT molecular complexity index is 990. The van der Waals surface area contributed by atoms with Gasteiger partial charge in [-0.2, -0.15) is 0 Å². The van der Waals surface area contributed by atoms with Gasteiger partial charge in [-0.1, -0.05) is 72.8 Å². The topological polar surface area (TPSA) is 46.6 Å². The van der Waals surface area contributed by atoms with Crippen LogP contribution < -0.4 is 0 Å². The van der Waals surface area contributed by atoms with Crippen molar-refractivity contribution in [3.05, 3.63) is 107 Å². The summed E-state index contributed by atoms with van der Waals surface area (Å²) in [4.78, 5) is 26.7. The Morgan fingerprint density at radius 1 is 0.931 bits per heavy atom. The second kappa shape index (κ2) is 8.27. The molecule has 2 amide bonds. The number of benzene rings is 3. The second-order valence-electron chi connectivity index (χ2n) is 6.99. The second-order valence-corrected chi connectivity index (χ2v) is 6.99. The molecule has 0 aromatic heterocycles. The third-order valence-corrected chi connectivity index (χ3v) is 5.18. The first-order valence-corrected chi connectivity index (χ1v) is 9.47. The Labute approximate surface area is 168 Å². The first-order valence-electron chi connectivity index (χ1n) is 9.47. The van der Waals surface area contributed by atoms with Crippen LogP contribution in [0.5, 0.6) is 0 Å². The predicted molar refractivity (Wildman–Crippen MR) is 107 cm³/mol. The quantitative estimate of drug-likeness (QED) is 0.612. The van der Waals surface area contributed by atoms with Crippen LogP contribution in [0.1, 0.15) is 35.1 Å². The largest absolute Gasteiger partial charge is 0.446 e. The molecular weight excluding hydrogens is 369 g/mol. The normalized spacial score (nSPS) is 17.1. The molecule has 1 heterocycles. The molecule has 4 rings (SSSR count). The van der Waals surface area contributed by atoms with E-state index in [0.717, 1.165) is 16.7 Å². The number of carbonyl (C=O) groups excluding carboxylic acids is 2. The van der Waals surface area contributed by atoms with Gasteiger partial charge in [-0.3, -0.25) is 4.79 Å². The highest BCUT2D eigenvalue weighted by Gasteiger charge is 2.39. The van der Waals surface area contributed by atoms with E-state index in [0.29, 0.717) is 0 Å². The molecule has 1 aliphatic heterocycles. The van der Waals surface area contributed by atoms with E-state index in [-0.39, 0.29) is 30.7 Å². The molecule has 0 spiro atoms. The van der Waals surface area contributed by atoms with Crippen molar-refractivity contribution in [2.24, 2.45) is 0 Å². The number of amides is 2. The van der Waals surface area contributed by atoms with Crippen molar-refractivity contribution in [1.29, 1.82) is 0 Å².